The lowest BCUT2D eigenvalue weighted by molar-refractivity contribution is -0.125. The summed E-state index contributed by atoms with van der Waals surface area (Å²) in [6, 6.07) is 8.17. The molecule has 0 fully saturated rings. The summed E-state index contributed by atoms with van der Waals surface area (Å²) >= 11 is 0. The molecule has 1 amide bonds. The van der Waals surface area contributed by atoms with Gasteiger partial charge in [0.15, 0.2) is 0 Å². The molecule has 0 unspecified atom stereocenters. The van der Waals surface area contributed by atoms with Crippen LogP contribution in [-0.4, -0.2) is 32.4 Å². The van der Waals surface area contributed by atoms with Crippen LogP contribution in [0.15, 0.2) is 48.9 Å². The van der Waals surface area contributed by atoms with Gasteiger partial charge < -0.3 is 15.2 Å². The van der Waals surface area contributed by atoms with Crippen molar-refractivity contribution < 1.29 is 4.79 Å². The Labute approximate surface area is 140 Å². The number of benzene rings is 1. The number of anilines is 1. The minimum absolute atomic E-state index is 0.0836. The quantitative estimate of drug-likeness (QED) is 0.748. The Hall–Kier alpha value is -3.15. The molecule has 0 saturated heterocycles. The van der Waals surface area contributed by atoms with E-state index >= 15 is 0 Å². The lowest BCUT2D eigenvalue weighted by Crippen LogP contribution is -2.24. The summed E-state index contributed by atoms with van der Waals surface area (Å²) in [6.45, 7) is 0.544. The molecule has 0 atom stereocenters. The number of carbonyl (C=O) groups excluding carboxylic acids is 1. The third-order valence-electron chi connectivity index (χ3n) is 3.87. The van der Waals surface area contributed by atoms with Gasteiger partial charge in [-0.3, -0.25) is 4.79 Å². The van der Waals surface area contributed by atoms with Gasteiger partial charge in [0, 0.05) is 61.8 Å². The Morgan fingerprint density at radius 3 is 2.75 bits per heavy atom. The molecule has 0 saturated carbocycles. The van der Waals surface area contributed by atoms with E-state index in [0.29, 0.717) is 6.54 Å². The first-order valence-corrected chi connectivity index (χ1v) is 7.58. The standard InChI is InChI=1S/C18H19N5O/c1-22-11-14(15-5-3-4-6-16(15)22)12-23(2)17(24)8-7-13-9-20-18(19)21-10-13/h3-11H,12H2,1-2H3,(H2,19,20,21)/b8-7+. The van der Waals surface area contributed by atoms with Crippen LogP contribution in [0, 0.1) is 0 Å². The van der Waals surface area contributed by atoms with E-state index in [4.69, 9.17) is 5.73 Å². The van der Waals surface area contributed by atoms with Crippen LogP contribution >= 0.6 is 0 Å². The number of aryl methyl sites for hydroxylation is 1. The maximum atomic E-state index is 12.3. The normalized spacial score (nSPS) is 11.2. The average Bonchev–Trinajstić information content (AvgIpc) is 2.90. The molecular formula is C18H19N5O. The maximum Gasteiger partial charge on any atom is 0.246 e. The SMILES string of the molecule is CN(Cc1cn(C)c2ccccc12)C(=O)/C=C/c1cnc(N)nc1. The fourth-order valence-electron chi connectivity index (χ4n) is 2.61. The number of likely N-dealkylation sites (N-methyl/N-ethyl adjacent to an activating group) is 1. The number of amides is 1. The molecule has 6 nitrogen and oxygen atoms in total. The van der Waals surface area contributed by atoms with E-state index in [1.807, 2.05) is 19.2 Å². The Bertz CT molecular complexity index is 895. The van der Waals surface area contributed by atoms with Crippen LogP contribution in [0.4, 0.5) is 5.95 Å². The molecule has 0 spiro atoms. The topological polar surface area (TPSA) is 77.0 Å². The van der Waals surface area contributed by atoms with Crippen LogP contribution in [0.3, 0.4) is 0 Å². The minimum Gasteiger partial charge on any atom is -0.368 e. The second-order valence-electron chi connectivity index (χ2n) is 5.68. The highest BCUT2D eigenvalue weighted by Gasteiger charge is 2.11. The summed E-state index contributed by atoms with van der Waals surface area (Å²) in [5, 5.41) is 1.16. The van der Waals surface area contributed by atoms with Gasteiger partial charge in [0.25, 0.3) is 0 Å². The molecule has 3 rings (SSSR count). The molecule has 0 aliphatic carbocycles. The first-order chi connectivity index (χ1) is 11.5. The smallest absolute Gasteiger partial charge is 0.246 e. The van der Waals surface area contributed by atoms with Gasteiger partial charge in [-0.05, 0) is 17.7 Å². The van der Waals surface area contributed by atoms with Gasteiger partial charge in [-0.1, -0.05) is 18.2 Å². The number of nitrogens with zero attached hydrogens (tertiary/aromatic N) is 4. The average molecular weight is 321 g/mol. The zero-order valence-electron chi connectivity index (χ0n) is 13.7. The van der Waals surface area contributed by atoms with Crippen molar-refractivity contribution in [2.24, 2.45) is 7.05 Å². The number of para-hydroxylation sites is 1. The van der Waals surface area contributed by atoms with Gasteiger partial charge >= 0.3 is 0 Å². The van der Waals surface area contributed by atoms with E-state index in [9.17, 15) is 4.79 Å². The summed E-state index contributed by atoms with van der Waals surface area (Å²) in [7, 11) is 3.79. The van der Waals surface area contributed by atoms with E-state index in [1.165, 1.54) is 6.08 Å². The highest BCUT2D eigenvalue weighted by atomic mass is 16.2. The van der Waals surface area contributed by atoms with Crippen molar-refractivity contribution in [1.82, 2.24) is 19.4 Å². The van der Waals surface area contributed by atoms with E-state index < -0.39 is 0 Å². The Balaban J connectivity index is 1.72. The lowest BCUT2D eigenvalue weighted by Gasteiger charge is -2.14. The van der Waals surface area contributed by atoms with Gasteiger partial charge in [-0.2, -0.15) is 0 Å². The van der Waals surface area contributed by atoms with Crippen molar-refractivity contribution in [3.8, 4) is 0 Å². The minimum atomic E-state index is -0.0836. The van der Waals surface area contributed by atoms with Gasteiger partial charge in [0.05, 0.1) is 0 Å². The van der Waals surface area contributed by atoms with Crippen LogP contribution in [0.25, 0.3) is 17.0 Å². The Kier molecular flexibility index (Phi) is 4.29. The lowest BCUT2D eigenvalue weighted by atomic mass is 10.1. The number of fused-ring (bicyclic) bond motifs is 1. The second-order valence-corrected chi connectivity index (χ2v) is 5.68. The van der Waals surface area contributed by atoms with Crippen LogP contribution in [0.2, 0.25) is 0 Å². The second kappa shape index (κ2) is 6.54. The zero-order chi connectivity index (χ0) is 17.1. The molecule has 0 bridgehead atoms. The Morgan fingerprint density at radius 1 is 1.29 bits per heavy atom. The van der Waals surface area contributed by atoms with Crippen molar-refractivity contribution in [3.63, 3.8) is 0 Å². The summed E-state index contributed by atoms with van der Waals surface area (Å²) in [5.41, 5.74) is 8.45. The number of carbonyl (C=O) groups is 1. The summed E-state index contributed by atoms with van der Waals surface area (Å²) in [5.74, 6) is 0.131. The molecule has 3 aromatic rings. The first kappa shape index (κ1) is 15.7. The fourth-order valence-corrected chi connectivity index (χ4v) is 2.61. The molecule has 2 N–H and O–H groups in total. The molecule has 0 radical (unpaired) electrons. The summed E-state index contributed by atoms with van der Waals surface area (Å²) in [6.07, 6.45) is 8.42. The number of aromatic nitrogens is 3. The van der Waals surface area contributed by atoms with Crippen molar-refractivity contribution in [1.29, 1.82) is 0 Å². The summed E-state index contributed by atoms with van der Waals surface area (Å²) in [4.78, 5) is 21.8. The van der Waals surface area contributed by atoms with Crippen molar-refractivity contribution in [3.05, 3.63) is 60.1 Å². The predicted molar refractivity (Wildman–Crippen MR) is 94.9 cm³/mol. The van der Waals surface area contributed by atoms with E-state index in [-0.39, 0.29) is 11.9 Å². The molecule has 2 aromatic heterocycles. The third kappa shape index (κ3) is 3.27. The fraction of sp³-hybridized carbons (Fsp3) is 0.167. The molecular weight excluding hydrogens is 302 g/mol. The highest BCUT2D eigenvalue weighted by Crippen LogP contribution is 2.21. The molecule has 0 aliphatic rings. The number of rotatable bonds is 4. The first-order valence-electron chi connectivity index (χ1n) is 7.58. The van der Waals surface area contributed by atoms with Gasteiger partial charge in [0.2, 0.25) is 11.9 Å². The molecule has 2 heterocycles. The Morgan fingerprint density at radius 2 is 2.00 bits per heavy atom. The number of hydrogen-bond donors (Lipinski definition) is 1. The van der Waals surface area contributed by atoms with Gasteiger partial charge in [-0.25, -0.2) is 9.97 Å². The van der Waals surface area contributed by atoms with Crippen molar-refractivity contribution >= 4 is 28.8 Å². The maximum absolute atomic E-state index is 12.3. The number of nitrogen functional groups attached to an aromatic ring is 1. The van der Waals surface area contributed by atoms with Crippen molar-refractivity contribution in [2.45, 2.75) is 6.54 Å². The highest BCUT2D eigenvalue weighted by molar-refractivity contribution is 5.92. The molecule has 0 aliphatic heterocycles. The van der Waals surface area contributed by atoms with E-state index in [2.05, 4.69) is 32.9 Å². The molecule has 6 heteroatoms. The molecule has 24 heavy (non-hydrogen) atoms. The van der Waals surface area contributed by atoms with Crippen LogP contribution in [0.5, 0.6) is 0 Å². The van der Waals surface area contributed by atoms with E-state index in [1.54, 1.807) is 30.4 Å². The number of nitrogens with two attached hydrogens (primary N) is 1. The van der Waals surface area contributed by atoms with Crippen molar-refractivity contribution in [2.75, 3.05) is 12.8 Å². The summed E-state index contributed by atoms with van der Waals surface area (Å²) < 4.78 is 2.07. The zero-order valence-corrected chi connectivity index (χ0v) is 13.7. The van der Waals surface area contributed by atoms with Crippen LogP contribution in [-0.2, 0) is 18.4 Å². The van der Waals surface area contributed by atoms with Gasteiger partial charge in [-0.15, -0.1) is 0 Å². The van der Waals surface area contributed by atoms with E-state index in [0.717, 1.165) is 22.0 Å². The third-order valence-corrected chi connectivity index (χ3v) is 3.87. The monoisotopic (exact) mass is 321 g/mol. The molecule has 1 aromatic carbocycles. The van der Waals surface area contributed by atoms with Crippen LogP contribution < -0.4 is 5.73 Å². The number of hydrogen-bond acceptors (Lipinski definition) is 4. The van der Waals surface area contributed by atoms with Crippen LogP contribution in [0.1, 0.15) is 11.1 Å². The predicted octanol–water partition coefficient (Wildman–Crippen LogP) is 2.22. The molecule has 122 valence electrons. The van der Waals surface area contributed by atoms with Gasteiger partial charge in [0.1, 0.15) is 0 Å². The largest absolute Gasteiger partial charge is 0.368 e.